The first-order valence-corrected chi connectivity index (χ1v) is 6.31. The van der Waals surface area contributed by atoms with Gasteiger partial charge < -0.3 is 9.63 Å². The lowest BCUT2D eigenvalue weighted by Gasteiger charge is -2.37. The minimum absolute atomic E-state index is 0.138. The highest BCUT2D eigenvalue weighted by molar-refractivity contribution is 4.94. The van der Waals surface area contributed by atoms with Crippen LogP contribution >= 0.6 is 0 Å². The Labute approximate surface area is 102 Å². The maximum atomic E-state index is 9.91. The number of aryl methyl sites for hydroxylation is 1. The third-order valence-corrected chi connectivity index (χ3v) is 3.58. The molecule has 1 atom stereocenters. The maximum Gasteiger partial charge on any atom is 0.243 e. The van der Waals surface area contributed by atoms with Crippen molar-refractivity contribution in [2.24, 2.45) is 0 Å². The Bertz CT molecular complexity index is 366. The van der Waals surface area contributed by atoms with Crippen LogP contribution in [0.25, 0.3) is 0 Å². The van der Waals surface area contributed by atoms with Crippen LogP contribution in [0.15, 0.2) is 4.52 Å². The summed E-state index contributed by atoms with van der Waals surface area (Å²) in [4.78, 5) is 6.64. The smallest absolute Gasteiger partial charge is 0.243 e. The van der Waals surface area contributed by atoms with Gasteiger partial charge in [0.05, 0.1) is 11.6 Å². The topological polar surface area (TPSA) is 62.4 Å². The van der Waals surface area contributed by atoms with E-state index in [1.165, 1.54) is 0 Å². The molecule has 1 aromatic rings. The number of likely N-dealkylation sites (tertiary alicyclic amines) is 1. The van der Waals surface area contributed by atoms with E-state index in [-0.39, 0.29) is 6.04 Å². The van der Waals surface area contributed by atoms with Gasteiger partial charge in [0.2, 0.25) is 5.89 Å². The molecule has 1 fully saturated rings. The summed E-state index contributed by atoms with van der Waals surface area (Å²) in [5, 5.41) is 13.8. The molecule has 0 radical (unpaired) electrons. The number of nitrogens with zero attached hydrogens (tertiary/aromatic N) is 3. The van der Waals surface area contributed by atoms with Crippen LogP contribution < -0.4 is 0 Å². The Balaban J connectivity index is 1.98. The van der Waals surface area contributed by atoms with Gasteiger partial charge in [0.25, 0.3) is 0 Å². The number of hydrogen-bond donors (Lipinski definition) is 1. The van der Waals surface area contributed by atoms with Gasteiger partial charge in [-0.05, 0) is 26.7 Å². The maximum absolute atomic E-state index is 9.91. The minimum Gasteiger partial charge on any atom is -0.390 e. The first-order valence-electron chi connectivity index (χ1n) is 6.31. The molecule has 0 amide bonds. The van der Waals surface area contributed by atoms with Crippen LogP contribution in [0.3, 0.4) is 0 Å². The molecule has 0 aliphatic carbocycles. The second-order valence-corrected chi connectivity index (χ2v) is 5.11. The third kappa shape index (κ3) is 2.84. The zero-order valence-corrected chi connectivity index (χ0v) is 10.8. The van der Waals surface area contributed by atoms with Gasteiger partial charge in [-0.1, -0.05) is 12.1 Å². The number of rotatable bonds is 3. The zero-order chi connectivity index (χ0) is 12.5. The lowest BCUT2D eigenvalue weighted by atomic mass is 9.93. The van der Waals surface area contributed by atoms with Crippen LogP contribution in [0.1, 0.15) is 51.4 Å². The first-order chi connectivity index (χ1) is 8.02. The Morgan fingerprint density at radius 2 is 2.12 bits per heavy atom. The molecule has 96 valence electrons. The molecule has 17 heavy (non-hydrogen) atoms. The number of piperidine rings is 1. The summed E-state index contributed by atoms with van der Waals surface area (Å²) >= 11 is 0. The summed E-state index contributed by atoms with van der Waals surface area (Å²) in [7, 11) is 0. The highest BCUT2D eigenvalue weighted by Crippen LogP contribution is 2.27. The fraction of sp³-hybridized carbons (Fsp3) is 0.833. The van der Waals surface area contributed by atoms with Crippen molar-refractivity contribution in [3.8, 4) is 0 Å². The monoisotopic (exact) mass is 239 g/mol. The van der Waals surface area contributed by atoms with Gasteiger partial charge in [-0.3, -0.25) is 4.90 Å². The van der Waals surface area contributed by atoms with Gasteiger partial charge in [0.15, 0.2) is 5.82 Å². The number of aromatic nitrogens is 2. The van der Waals surface area contributed by atoms with Gasteiger partial charge in [-0.2, -0.15) is 4.98 Å². The Kier molecular flexibility index (Phi) is 3.49. The van der Waals surface area contributed by atoms with E-state index < -0.39 is 5.60 Å². The van der Waals surface area contributed by atoms with E-state index in [0.29, 0.717) is 5.89 Å². The molecule has 0 bridgehead atoms. The molecule has 1 unspecified atom stereocenters. The van der Waals surface area contributed by atoms with Gasteiger partial charge in [-0.15, -0.1) is 0 Å². The summed E-state index contributed by atoms with van der Waals surface area (Å²) in [5.41, 5.74) is -0.514. The lowest BCUT2D eigenvalue weighted by molar-refractivity contribution is -0.0182. The molecule has 2 rings (SSSR count). The molecule has 1 aliphatic heterocycles. The molecule has 1 aromatic heterocycles. The van der Waals surface area contributed by atoms with Crippen LogP contribution in [0.4, 0.5) is 0 Å². The average Bonchev–Trinajstić information content (AvgIpc) is 2.76. The Hall–Kier alpha value is -0.940. The predicted octanol–water partition coefficient (Wildman–Crippen LogP) is 1.54. The summed E-state index contributed by atoms with van der Waals surface area (Å²) in [5.74, 6) is 1.44. The summed E-state index contributed by atoms with van der Waals surface area (Å²) < 4.78 is 5.26. The van der Waals surface area contributed by atoms with Crippen molar-refractivity contribution in [2.45, 2.75) is 51.7 Å². The first kappa shape index (κ1) is 12.5. The average molecular weight is 239 g/mol. The van der Waals surface area contributed by atoms with Gasteiger partial charge in [-0.25, -0.2) is 0 Å². The molecule has 1 N–H and O–H groups in total. The summed E-state index contributed by atoms with van der Waals surface area (Å²) in [6.45, 7) is 7.73. The fourth-order valence-electron chi connectivity index (χ4n) is 2.13. The minimum atomic E-state index is -0.514. The van der Waals surface area contributed by atoms with E-state index in [9.17, 15) is 5.11 Å². The molecule has 5 heteroatoms. The standard InChI is InChI=1S/C12H21N3O2/c1-4-10-13-11(17-14-10)9(2)15-7-5-12(3,16)6-8-15/h9,16H,4-8H2,1-3H3. The van der Waals surface area contributed by atoms with Crippen LogP contribution in [0, 0.1) is 0 Å². The molecule has 0 spiro atoms. The number of hydrogen-bond acceptors (Lipinski definition) is 5. The quantitative estimate of drug-likeness (QED) is 0.867. The summed E-state index contributed by atoms with van der Waals surface area (Å²) in [6.07, 6.45) is 2.39. The largest absolute Gasteiger partial charge is 0.390 e. The lowest BCUT2D eigenvalue weighted by Crippen LogP contribution is -2.43. The molecule has 5 nitrogen and oxygen atoms in total. The molecule has 2 heterocycles. The predicted molar refractivity (Wildman–Crippen MR) is 63.5 cm³/mol. The van der Waals surface area contributed by atoms with Crippen molar-refractivity contribution in [1.82, 2.24) is 15.0 Å². The molecular weight excluding hydrogens is 218 g/mol. The Morgan fingerprint density at radius 1 is 1.47 bits per heavy atom. The van der Waals surface area contributed by atoms with Crippen molar-refractivity contribution in [3.63, 3.8) is 0 Å². The van der Waals surface area contributed by atoms with E-state index in [1.54, 1.807) is 0 Å². The SMILES string of the molecule is CCc1noc(C(C)N2CCC(C)(O)CC2)n1. The van der Waals surface area contributed by atoms with Crippen LogP contribution in [-0.4, -0.2) is 38.8 Å². The van der Waals surface area contributed by atoms with E-state index in [4.69, 9.17) is 4.52 Å². The van der Waals surface area contributed by atoms with Crippen LogP contribution in [-0.2, 0) is 6.42 Å². The van der Waals surface area contributed by atoms with E-state index in [2.05, 4.69) is 22.0 Å². The number of aliphatic hydroxyl groups is 1. The molecule has 0 saturated carbocycles. The molecule has 1 saturated heterocycles. The van der Waals surface area contributed by atoms with Crippen molar-refractivity contribution in [1.29, 1.82) is 0 Å². The van der Waals surface area contributed by atoms with Crippen molar-refractivity contribution in [2.75, 3.05) is 13.1 Å². The van der Waals surface area contributed by atoms with Gasteiger partial charge in [0.1, 0.15) is 0 Å². The van der Waals surface area contributed by atoms with Crippen LogP contribution in [0.2, 0.25) is 0 Å². The normalized spacial score (nSPS) is 22.6. The van der Waals surface area contributed by atoms with Gasteiger partial charge in [0, 0.05) is 19.5 Å². The fourth-order valence-corrected chi connectivity index (χ4v) is 2.13. The highest BCUT2D eigenvalue weighted by Gasteiger charge is 2.31. The molecular formula is C12H21N3O2. The third-order valence-electron chi connectivity index (χ3n) is 3.58. The second kappa shape index (κ2) is 4.74. The highest BCUT2D eigenvalue weighted by atomic mass is 16.5. The van der Waals surface area contributed by atoms with Gasteiger partial charge >= 0.3 is 0 Å². The van der Waals surface area contributed by atoms with Crippen molar-refractivity contribution < 1.29 is 9.63 Å². The van der Waals surface area contributed by atoms with E-state index >= 15 is 0 Å². The van der Waals surface area contributed by atoms with E-state index in [0.717, 1.165) is 38.2 Å². The van der Waals surface area contributed by atoms with Crippen molar-refractivity contribution in [3.05, 3.63) is 11.7 Å². The molecule has 1 aliphatic rings. The second-order valence-electron chi connectivity index (χ2n) is 5.11. The summed E-state index contributed by atoms with van der Waals surface area (Å²) in [6, 6.07) is 0.138. The van der Waals surface area contributed by atoms with Crippen molar-refractivity contribution >= 4 is 0 Å². The van der Waals surface area contributed by atoms with E-state index in [1.807, 2.05) is 13.8 Å². The Morgan fingerprint density at radius 3 is 2.65 bits per heavy atom. The molecule has 0 aromatic carbocycles. The zero-order valence-electron chi connectivity index (χ0n) is 10.8. The van der Waals surface area contributed by atoms with Crippen LogP contribution in [0.5, 0.6) is 0 Å².